The van der Waals surface area contributed by atoms with E-state index in [4.69, 9.17) is 0 Å². The predicted molar refractivity (Wildman–Crippen MR) is 72.0 cm³/mol. The van der Waals surface area contributed by atoms with Gasteiger partial charge in [0.1, 0.15) is 0 Å². The van der Waals surface area contributed by atoms with Gasteiger partial charge in [0.05, 0.1) is 5.25 Å². The van der Waals surface area contributed by atoms with Gasteiger partial charge >= 0.3 is 0 Å². The van der Waals surface area contributed by atoms with Gasteiger partial charge in [-0.1, -0.05) is 24.3 Å². The average molecular weight is 265 g/mol. The highest BCUT2D eigenvalue weighted by Gasteiger charge is 2.39. The molecule has 4 heteroatoms. The number of hydrogen-bond acceptors (Lipinski definition) is 2. The van der Waals surface area contributed by atoms with Crippen LogP contribution in [0.3, 0.4) is 0 Å². The van der Waals surface area contributed by atoms with Crippen molar-refractivity contribution in [1.82, 2.24) is 4.31 Å². The second-order valence-corrected chi connectivity index (χ2v) is 7.48. The molecule has 0 radical (unpaired) electrons. The van der Waals surface area contributed by atoms with Gasteiger partial charge in [-0.25, -0.2) is 12.7 Å². The topological polar surface area (TPSA) is 37.4 Å². The normalized spacial score (nSPS) is 22.0. The molecule has 0 spiro atoms. The minimum Gasteiger partial charge on any atom is -0.212 e. The van der Waals surface area contributed by atoms with Crippen LogP contribution in [-0.2, 0) is 22.9 Å². The summed E-state index contributed by atoms with van der Waals surface area (Å²) in [6, 6.07) is 8.41. The van der Waals surface area contributed by atoms with Crippen LogP contribution in [0.25, 0.3) is 0 Å². The molecule has 1 aromatic carbocycles. The largest absolute Gasteiger partial charge is 0.216 e. The number of aryl methyl sites for hydroxylation is 1. The van der Waals surface area contributed by atoms with Crippen molar-refractivity contribution < 1.29 is 8.42 Å². The molecule has 0 unspecified atom stereocenters. The van der Waals surface area contributed by atoms with Crippen molar-refractivity contribution in [3.63, 3.8) is 0 Å². The fourth-order valence-electron chi connectivity index (χ4n) is 2.68. The Kier molecular flexibility index (Phi) is 3.16. The molecule has 1 aromatic rings. The summed E-state index contributed by atoms with van der Waals surface area (Å²) in [4.78, 5) is 0. The number of rotatable bonds is 2. The summed E-state index contributed by atoms with van der Waals surface area (Å²) in [6.45, 7) is 1.34. The minimum atomic E-state index is -3.00. The summed E-state index contributed by atoms with van der Waals surface area (Å²) < 4.78 is 26.2. The Morgan fingerprint density at radius 1 is 1.00 bits per heavy atom. The second-order valence-electron chi connectivity index (χ2n) is 5.27. The molecule has 1 aliphatic carbocycles. The van der Waals surface area contributed by atoms with Crippen molar-refractivity contribution in [2.45, 2.75) is 37.4 Å². The third-order valence-corrected chi connectivity index (χ3v) is 6.31. The van der Waals surface area contributed by atoms with Crippen LogP contribution >= 0.6 is 0 Å². The summed E-state index contributed by atoms with van der Waals surface area (Å²) in [5, 5.41) is -0.0767. The number of hydrogen-bond donors (Lipinski definition) is 0. The van der Waals surface area contributed by atoms with Gasteiger partial charge < -0.3 is 0 Å². The molecule has 0 aromatic heterocycles. The summed E-state index contributed by atoms with van der Waals surface area (Å²) in [5.74, 6) is 0. The van der Waals surface area contributed by atoms with Crippen LogP contribution in [0.5, 0.6) is 0 Å². The highest BCUT2D eigenvalue weighted by atomic mass is 32.2. The van der Waals surface area contributed by atoms with E-state index in [1.165, 1.54) is 11.1 Å². The molecular formula is C14H19NO2S. The van der Waals surface area contributed by atoms with E-state index >= 15 is 0 Å². The first-order valence-electron chi connectivity index (χ1n) is 6.74. The number of benzene rings is 1. The van der Waals surface area contributed by atoms with Gasteiger partial charge in [-0.15, -0.1) is 0 Å². The monoisotopic (exact) mass is 265 g/mol. The van der Waals surface area contributed by atoms with Gasteiger partial charge in [-0.3, -0.25) is 0 Å². The van der Waals surface area contributed by atoms with Crippen LogP contribution < -0.4 is 0 Å². The van der Waals surface area contributed by atoms with E-state index in [-0.39, 0.29) is 5.25 Å². The quantitative estimate of drug-likeness (QED) is 0.820. The van der Waals surface area contributed by atoms with Gasteiger partial charge in [0.15, 0.2) is 0 Å². The SMILES string of the molecule is O=S(=O)(C1CC1)N1CCCc2ccccc2CC1. The maximum Gasteiger partial charge on any atom is 0.216 e. The lowest BCUT2D eigenvalue weighted by molar-refractivity contribution is 0.400. The molecule has 2 aliphatic rings. The standard InChI is InChI=1S/C14H19NO2S/c16-18(17,14-7-8-14)15-10-3-6-12-4-1-2-5-13(12)9-11-15/h1-2,4-5,14H,3,6-11H2. The molecule has 1 heterocycles. The molecular weight excluding hydrogens is 246 g/mol. The molecule has 3 nitrogen and oxygen atoms in total. The van der Waals surface area contributed by atoms with Crippen LogP contribution in [0.4, 0.5) is 0 Å². The third-order valence-electron chi connectivity index (χ3n) is 3.91. The molecule has 0 atom stereocenters. The average Bonchev–Trinajstić information content (AvgIpc) is 3.14. The molecule has 98 valence electrons. The number of sulfonamides is 1. The zero-order chi connectivity index (χ0) is 12.6. The Morgan fingerprint density at radius 2 is 1.67 bits per heavy atom. The Morgan fingerprint density at radius 3 is 2.33 bits per heavy atom. The highest BCUT2D eigenvalue weighted by Crippen LogP contribution is 2.31. The minimum absolute atomic E-state index is 0.0767. The van der Waals surface area contributed by atoms with Gasteiger partial charge in [-0.05, 0) is 43.2 Å². The van der Waals surface area contributed by atoms with Crippen molar-refractivity contribution in [2.75, 3.05) is 13.1 Å². The van der Waals surface area contributed by atoms with Crippen molar-refractivity contribution >= 4 is 10.0 Å². The maximum atomic E-state index is 12.3. The molecule has 1 fully saturated rings. The van der Waals surface area contributed by atoms with Crippen molar-refractivity contribution in [1.29, 1.82) is 0 Å². The van der Waals surface area contributed by atoms with E-state index < -0.39 is 10.0 Å². The smallest absolute Gasteiger partial charge is 0.212 e. The molecule has 18 heavy (non-hydrogen) atoms. The molecule has 3 rings (SSSR count). The fourth-order valence-corrected chi connectivity index (χ4v) is 4.56. The zero-order valence-electron chi connectivity index (χ0n) is 10.5. The number of fused-ring (bicyclic) bond motifs is 1. The molecule has 0 bridgehead atoms. The van der Waals surface area contributed by atoms with E-state index in [9.17, 15) is 8.42 Å². The Bertz CT molecular complexity index is 534. The van der Waals surface area contributed by atoms with Crippen LogP contribution in [0.15, 0.2) is 24.3 Å². The van der Waals surface area contributed by atoms with E-state index in [1.54, 1.807) is 4.31 Å². The van der Waals surface area contributed by atoms with E-state index in [0.29, 0.717) is 13.1 Å². The number of nitrogens with zero attached hydrogens (tertiary/aromatic N) is 1. The molecule has 0 saturated heterocycles. The van der Waals surface area contributed by atoms with Crippen molar-refractivity contribution in [2.24, 2.45) is 0 Å². The van der Waals surface area contributed by atoms with Crippen LogP contribution in [-0.4, -0.2) is 31.1 Å². The van der Waals surface area contributed by atoms with E-state index in [2.05, 4.69) is 18.2 Å². The summed E-state index contributed by atoms with van der Waals surface area (Å²) >= 11 is 0. The second kappa shape index (κ2) is 4.67. The Labute approximate surface area is 109 Å². The van der Waals surface area contributed by atoms with Crippen molar-refractivity contribution in [3.05, 3.63) is 35.4 Å². The summed E-state index contributed by atoms with van der Waals surface area (Å²) in [6.07, 6.45) is 4.49. The van der Waals surface area contributed by atoms with Crippen LogP contribution in [0.1, 0.15) is 30.4 Å². The van der Waals surface area contributed by atoms with E-state index in [1.807, 2.05) is 6.07 Å². The van der Waals surface area contributed by atoms with Crippen LogP contribution in [0.2, 0.25) is 0 Å². The molecule has 0 N–H and O–H groups in total. The predicted octanol–water partition coefficient (Wildman–Crippen LogP) is 1.97. The maximum absolute atomic E-state index is 12.3. The Balaban J connectivity index is 1.79. The highest BCUT2D eigenvalue weighted by molar-refractivity contribution is 7.90. The summed E-state index contributed by atoms with van der Waals surface area (Å²) in [7, 11) is -3.00. The first-order chi connectivity index (χ1) is 8.68. The van der Waals surface area contributed by atoms with E-state index in [0.717, 1.165) is 32.1 Å². The third kappa shape index (κ3) is 2.31. The lowest BCUT2D eigenvalue weighted by atomic mass is 9.99. The lowest BCUT2D eigenvalue weighted by Crippen LogP contribution is -2.37. The first-order valence-corrected chi connectivity index (χ1v) is 8.24. The summed E-state index contributed by atoms with van der Waals surface area (Å²) in [5.41, 5.74) is 2.70. The van der Waals surface area contributed by atoms with Crippen molar-refractivity contribution in [3.8, 4) is 0 Å². The molecule has 0 amide bonds. The first kappa shape index (κ1) is 12.2. The lowest BCUT2D eigenvalue weighted by Gasteiger charge is -2.25. The molecule has 1 aliphatic heterocycles. The van der Waals surface area contributed by atoms with Gasteiger partial charge in [0.2, 0.25) is 10.0 Å². The fraction of sp³-hybridized carbons (Fsp3) is 0.571. The van der Waals surface area contributed by atoms with Gasteiger partial charge in [0.25, 0.3) is 0 Å². The van der Waals surface area contributed by atoms with Gasteiger partial charge in [-0.2, -0.15) is 0 Å². The van der Waals surface area contributed by atoms with Gasteiger partial charge in [0, 0.05) is 13.1 Å². The Hall–Kier alpha value is -0.870. The molecule has 1 saturated carbocycles. The zero-order valence-corrected chi connectivity index (χ0v) is 11.3. The van der Waals surface area contributed by atoms with Crippen LogP contribution in [0, 0.1) is 0 Å².